The maximum Gasteiger partial charge on any atom is 2.00 e. The van der Waals surface area contributed by atoms with E-state index in [1.54, 1.807) is 19.1 Å². The van der Waals surface area contributed by atoms with E-state index in [1.165, 1.54) is 0 Å². The van der Waals surface area contributed by atoms with Gasteiger partial charge < -0.3 is 40.8 Å². The molecular formula is C17H22CuF3N7S2. The number of hydrogen-bond donors (Lipinski definition) is 2. The van der Waals surface area contributed by atoms with Crippen LogP contribution in [0.3, 0.4) is 0 Å². The number of halogens is 3. The van der Waals surface area contributed by atoms with E-state index in [0.29, 0.717) is 23.5 Å². The van der Waals surface area contributed by atoms with E-state index in [-0.39, 0.29) is 22.2 Å². The van der Waals surface area contributed by atoms with Gasteiger partial charge in [0, 0.05) is 31.9 Å². The third kappa shape index (κ3) is 10.7. The van der Waals surface area contributed by atoms with E-state index in [9.17, 15) is 13.2 Å². The Kier molecular flexibility index (Phi) is 12.5. The summed E-state index contributed by atoms with van der Waals surface area (Å²) in [4.78, 5) is 1.92. The normalized spacial score (nSPS) is 13.6. The zero-order valence-corrected chi connectivity index (χ0v) is 19.3. The van der Waals surface area contributed by atoms with Crippen molar-refractivity contribution >= 4 is 52.7 Å². The van der Waals surface area contributed by atoms with Gasteiger partial charge in [0.15, 0.2) is 0 Å². The van der Waals surface area contributed by atoms with Crippen LogP contribution < -0.4 is 15.5 Å². The molecule has 169 valence electrons. The average Bonchev–Trinajstić information content (AvgIpc) is 2.65. The fourth-order valence-electron chi connectivity index (χ4n) is 1.92. The predicted octanol–water partition coefficient (Wildman–Crippen LogP) is 2.40. The number of hydrogen-bond acceptors (Lipinski definition) is 7. The molecule has 0 saturated carbocycles. The summed E-state index contributed by atoms with van der Waals surface area (Å²) in [6, 6.07) is 7.30. The van der Waals surface area contributed by atoms with Gasteiger partial charge in [-0.25, -0.2) is 0 Å². The Morgan fingerprint density at radius 3 is 2.00 bits per heavy atom. The first-order valence-electron chi connectivity index (χ1n) is 8.48. The molecule has 1 aromatic carbocycles. The van der Waals surface area contributed by atoms with Gasteiger partial charge in [0.1, 0.15) is 12.3 Å². The van der Waals surface area contributed by atoms with E-state index in [4.69, 9.17) is 25.3 Å². The summed E-state index contributed by atoms with van der Waals surface area (Å²) in [6.07, 6.45) is -4.41. The minimum atomic E-state index is -4.41. The van der Waals surface area contributed by atoms with Crippen LogP contribution in [0.5, 0.6) is 0 Å². The van der Waals surface area contributed by atoms with Crippen LogP contribution in [0.1, 0.15) is 19.4 Å². The summed E-state index contributed by atoms with van der Waals surface area (Å²) in [5.41, 5.74) is 2.27. The number of rotatable bonds is 7. The second-order valence-corrected chi connectivity index (χ2v) is 6.66. The van der Waals surface area contributed by atoms with Crippen molar-refractivity contribution in [1.82, 2.24) is 10.6 Å². The Labute approximate surface area is 195 Å². The van der Waals surface area contributed by atoms with Gasteiger partial charge in [-0.15, -0.1) is 5.10 Å². The van der Waals surface area contributed by atoms with Gasteiger partial charge in [0.25, 0.3) is 0 Å². The predicted molar refractivity (Wildman–Crippen MR) is 118 cm³/mol. The van der Waals surface area contributed by atoms with Crippen molar-refractivity contribution in [2.45, 2.75) is 20.0 Å². The molecule has 1 aromatic rings. The van der Waals surface area contributed by atoms with E-state index in [1.807, 2.05) is 43.4 Å². The summed E-state index contributed by atoms with van der Waals surface area (Å²) < 4.78 is 36.9. The molecule has 0 heterocycles. The number of nitrogens with zero attached hydrogens (tertiary/aromatic N) is 5. The van der Waals surface area contributed by atoms with Crippen molar-refractivity contribution < 1.29 is 30.2 Å². The third-order valence-corrected chi connectivity index (χ3v) is 3.75. The van der Waals surface area contributed by atoms with Gasteiger partial charge in [-0.3, -0.25) is 0 Å². The molecular weight excluding hydrogens is 487 g/mol. The van der Waals surface area contributed by atoms with Crippen molar-refractivity contribution in [2.75, 3.05) is 32.1 Å². The molecule has 0 aliphatic heterocycles. The maximum atomic E-state index is 12.3. The first-order chi connectivity index (χ1) is 13.5. The van der Waals surface area contributed by atoms with Crippen LogP contribution in [-0.2, 0) is 42.3 Å². The number of benzene rings is 1. The van der Waals surface area contributed by atoms with Crippen LogP contribution in [0, 0.1) is 0 Å². The molecule has 0 bridgehead atoms. The van der Waals surface area contributed by atoms with E-state index >= 15 is 0 Å². The smallest absolute Gasteiger partial charge is 0.741 e. The quantitative estimate of drug-likeness (QED) is 0.194. The number of amidine groups is 2. The van der Waals surface area contributed by atoms with Crippen LogP contribution in [0.4, 0.5) is 18.9 Å². The maximum absolute atomic E-state index is 12.3. The van der Waals surface area contributed by atoms with Crippen molar-refractivity contribution in [3.8, 4) is 0 Å². The minimum absolute atomic E-state index is 0. The summed E-state index contributed by atoms with van der Waals surface area (Å²) >= 11 is 9.79. The molecule has 0 aliphatic rings. The molecule has 0 unspecified atom stereocenters. The van der Waals surface area contributed by atoms with Crippen LogP contribution in [0.15, 0.2) is 44.7 Å². The Balaban J connectivity index is 0.00000841. The SMILES string of the molecule is CCNC([S-])=NN=C(C)C(=NN=C([S-])NCC(F)(F)F)c1ccc(N(C)C)cc1.[Cu+2]. The first kappa shape index (κ1) is 28.0. The fourth-order valence-corrected chi connectivity index (χ4v) is 2.22. The number of anilines is 1. The van der Waals surface area contributed by atoms with Gasteiger partial charge in [0.05, 0.1) is 5.71 Å². The number of alkyl halides is 3. The van der Waals surface area contributed by atoms with Crippen LogP contribution >= 0.6 is 0 Å². The molecule has 0 spiro atoms. The molecule has 0 atom stereocenters. The average molecular weight is 509 g/mol. The molecule has 7 nitrogen and oxygen atoms in total. The molecule has 0 amide bonds. The molecule has 1 rings (SSSR count). The third-order valence-electron chi connectivity index (χ3n) is 3.30. The minimum Gasteiger partial charge on any atom is -0.741 e. The van der Waals surface area contributed by atoms with Crippen LogP contribution in [0.2, 0.25) is 0 Å². The van der Waals surface area contributed by atoms with Gasteiger partial charge in [-0.2, -0.15) is 28.5 Å². The number of nitrogens with one attached hydrogen (secondary N) is 2. The Bertz CT molecular complexity index is 792. The van der Waals surface area contributed by atoms with Crippen molar-refractivity contribution in [2.24, 2.45) is 20.4 Å². The fraction of sp³-hybridized carbons (Fsp3) is 0.412. The summed E-state index contributed by atoms with van der Waals surface area (Å²) in [6.45, 7) is 2.80. The van der Waals surface area contributed by atoms with Gasteiger partial charge in [0.2, 0.25) is 0 Å². The second-order valence-electron chi connectivity index (χ2n) is 5.88. The van der Waals surface area contributed by atoms with Gasteiger partial charge in [-0.1, -0.05) is 12.1 Å². The molecule has 30 heavy (non-hydrogen) atoms. The summed E-state index contributed by atoms with van der Waals surface area (Å²) in [7, 11) is 3.80. The molecule has 1 radical (unpaired) electrons. The molecule has 0 aliphatic carbocycles. The first-order valence-corrected chi connectivity index (χ1v) is 9.29. The molecule has 0 fully saturated rings. The molecule has 13 heteroatoms. The van der Waals surface area contributed by atoms with Crippen molar-refractivity contribution in [1.29, 1.82) is 0 Å². The standard InChI is InChI=1S/C17H24F3N7S2.Cu/c1-5-21-15(28)25-23-11(2)14(12-6-8-13(9-7-12)27(3)4)24-26-16(29)22-10-17(18,19)20;/h6-9H,5,10H2,1-4H3,(H2,21,25,28)(H2,22,26,29);/q;+2/p-2. The largest absolute Gasteiger partial charge is 2.00 e. The van der Waals surface area contributed by atoms with Crippen LogP contribution in [-0.4, -0.2) is 55.1 Å². The van der Waals surface area contributed by atoms with Gasteiger partial charge >= 0.3 is 23.2 Å². The Morgan fingerprint density at radius 2 is 1.50 bits per heavy atom. The van der Waals surface area contributed by atoms with E-state index in [0.717, 1.165) is 5.69 Å². The second kappa shape index (κ2) is 13.4. The van der Waals surface area contributed by atoms with Gasteiger partial charge in [-0.05, 0) is 36.3 Å². The topological polar surface area (TPSA) is 76.7 Å². The Morgan fingerprint density at radius 1 is 0.967 bits per heavy atom. The monoisotopic (exact) mass is 508 g/mol. The molecule has 0 saturated heterocycles. The summed E-state index contributed by atoms with van der Waals surface area (Å²) in [5, 5.41) is 20.2. The molecule has 2 N–H and O–H groups in total. The zero-order chi connectivity index (χ0) is 22.0. The Hall–Kier alpha value is -1.95. The van der Waals surface area contributed by atoms with Crippen LogP contribution in [0.25, 0.3) is 0 Å². The van der Waals surface area contributed by atoms with Crippen molar-refractivity contribution in [3.05, 3.63) is 29.8 Å². The van der Waals surface area contributed by atoms with Crippen molar-refractivity contribution in [3.63, 3.8) is 0 Å². The van der Waals surface area contributed by atoms with E-state index in [2.05, 4.69) is 25.7 Å². The zero-order valence-electron chi connectivity index (χ0n) is 16.7. The molecule has 0 aromatic heterocycles. The van der Waals surface area contributed by atoms with E-state index < -0.39 is 17.9 Å². The summed E-state index contributed by atoms with van der Waals surface area (Å²) in [5.74, 6) is 0.